The molecule has 6 rings (SSSR count). The van der Waals surface area contributed by atoms with Gasteiger partial charge in [-0.15, -0.1) is 0 Å². The Morgan fingerprint density at radius 2 is 1.94 bits per heavy atom. The minimum absolute atomic E-state index is 0.261. The molecular formula is C23H22BrN7O3. The number of pyridine rings is 1. The maximum Gasteiger partial charge on any atom is 0.229 e. The summed E-state index contributed by atoms with van der Waals surface area (Å²) in [6.45, 7) is 0. The highest BCUT2D eigenvalue weighted by Crippen LogP contribution is 2.53. The van der Waals surface area contributed by atoms with Crippen molar-refractivity contribution in [1.29, 1.82) is 0 Å². The molecule has 0 bridgehead atoms. The van der Waals surface area contributed by atoms with Crippen molar-refractivity contribution in [3.63, 3.8) is 0 Å². The van der Waals surface area contributed by atoms with Gasteiger partial charge in [-0.25, -0.2) is 15.0 Å². The maximum absolute atomic E-state index is 13.3. The van der Waals surface area contributed by atoms with Crippen LogP contribution >= 0.6 is 15.9 Å². The van der Waals surface area contributed by atoms with Crippen LogP contribution in [0.15, 0.2) is 47.3 Å². The number of carbonyl (C=O) groups excluding carboxylic acids is 1. The summed E-state index contributed by atoms with van der Waals surface area (Å²) < 4.78 is 2.50. The number of aliphatic hydroxyl groups excluding tert-OH is 2. The van der Waals surface area contributed by atoms with E-state index in [1.165, 1.54) is 6.33 Å². The van der Waals surface area contributed by atoms with E-state index < -0.39 is 23.7 Å². The van der Waals surface area contributed by atoms with E-state index in [-0.39, 0.29) is 18.4 Å². The summed E-state index contributed by atoms with van der Waals surface area (Å²) in [6, 6.07) is 8.57. The molecule has 0 radical (unpaired) electrons. The number of nitrogens with two attached hydrogens (primary N) is 2. The molecular weight excluding hydrogens is 502 g/mol. The quantitative estimate of drug-likeness (QED) is 0.265. The number of fused-ring (bicyclic) bond motifs is 2. The van der Waals surface area contributed by atoms with E-state index in [9.17, 15) is 15.0 Å². The van der Waals surface area contributed by atoms with Crippen LogP contribution in [0.2, 0.25) is 0 Å². The van der Waals surface area contributed by atoms with Crippen molar-refractivity contribution in [3.05, 3.63) is 52.9 Å². The fourth-order valence-electron chi connectivity index (χ4n) is 5.51. The molecule has 1 saturated heterocycles. The molecule has 0 unspecified atom stereocenters. The molecule has 1 aliphatic carbocycles. The first-order valence-electron chi connectivity index (χ1n) is 10.9. The van der Waals surface area contributed by atoms with Gasteiger partial charge in [0.25, 0.3) is 0 Å². The van der Waals surface area contributed by atoms with Crippen LogP contribution in [0.25, 0.3) is 21.9 Å². The molecule has 1 amide bonds. The van der Waals surface area contributed by atoms with Crippen molar-refractivity contribution in [1.82, 2.24) is 24.8 Å². The predicted molar refractivity (Wildman–Crippen MR) is 129 cm³/mol. The number of anilines is 2. The molecule has 174 valence electrons. The molecule has 5 atom stereocenters. The average molecular weight is 524 g/mol. The Kier molecular flexibility index (Phi) is 4.60. The van der Waals surface area contributed by atoms with Gasteiger partial charge in [0.1, 0.15) is 29.7 Å². The third-order valence-corrected chi connectivity index (χ3v) is 7.94. The lowest BCUT2D eigenvalue weighted by Crippen LogP contribution is -2.41. The Balaban J connectivity index is 1.34. The normalized spacial score (nSPS) is 28.9. The average Bonchev–Trinajstić information content (AvgIpc) is 3.46. The fraction of sp³-hybridized carbons (Fsp3) is 0.304. The molecule has 34 heavy (non-hydrogen) atoms. The summed E-state index contributed by atoms with van der Waals surface area (Å²) in [5.74, 6) is 0.445. The van der Waals surface area contributed by atoms with Crippen molar-refractivity contribution >= 4 is 55.4 Å². The van der Waals surface area contributed by atoms with Crippen molar-refractivity contribution in [2.75, 3.05) is 11.5 Å². The first-order chi connectivity index (χ1) is 16.3. The van der Waals surface area contributed by atoms with Crippen molar-refractivity contribution in [2.45, 2.75) is 37.1 Å². The van der Waals surface area contributed by atoms with Gasteiger partial charge < -0.3 is 31.6 Å². The number of benzene rings is 1. The first-order valence-corrected chi connectivity index (χ1v) is 11.7. The number of nitrogens with zero attached hydrogens (tertiary/aromatic N) is 4. The molecule has 2 aliphatic rings. The van der Waals surface area contributed by atoms with Gasteiger partial charge in [-0.3, -0.25) is 4.79 Å². The predicted octanol–water partition coefficient (Wildman–Crippen LogP) is 1.82. The Morgan fingerprint density at radius 3 is 2.76 bits per heavy atom. The highest BCUT2D eigenvalue weighted by Gasteiger charge is 2.61. The standard InChI is InChI=1S/C23H22BrN7O3/c24-13-5-10-1-2-11(6-14(10)29-20(13)26)15-7-23(22(34)30-15)8-16(17(32)18(23)33)31-4-3-12-19(25)27-9-28-21(12)31/h1-6,9,15-18,32-33H,7-8H2,(H2,26,29)(H,30,34)(H2,25,27,28)/t15-,16+,17-,18-,23+/m0/s1. The van der Waals surface area contributed by atoms with E-state index in [2.05, 4.69) is 36.2 Å². The van der Waals surface area contributed by atoms with Crippen molar-refractivity contribution in [3.8, 4) is 0 Å². The number of carbonyl (C=O) groups is 1. The van der Waals surface area contributed by atoms with Gasteiger partial charge in [0.15, 0.2) is 0 Å². The second-order valence-electron chi connectivity index (χ2n) is 9.12. The largest absolute Gasteiger partial charge is 0.389 e. The first kappa shape index (κ1) is 21.3. The lowest BCUT2D eigenvalue weighted by Gasteiger charge is -2.24. The zero-order valence-electron chi connectivity index (χ0n) is 17.9. The number of rotatable bonds is 2. The van der Waals surface area contributed by atoms with E-state index in [0.29, 0.717) is 29.1 Å². The number of aromatic nitrogens is 4. The lowest BCUT2D eigenvalue weighted by molar-refractivity contribution is -0.134. The van der Waals surface area contributed by atoms with Crippen LogP contribution in [0.5, 0.6) is 0 Å². The molecule has 4 heterocycles. The third kappa shape index (κ3) is 2.93. The van der Waals surface area contributed by atoms with Crippen LogP contribution < -0.4 is 16.8 Å². The summed E-state index contributed by atoms with van der Waals surface area (Å²) in [4.78, 5) is 26.0. The Labute approximate surface area is 202 Å². The van der Waals surface area contributed by atoms with Crippen LogP contribution in [-0.4, -0.2) is 47.8 Å². The van der Waals surface area contributed by atoms with E-state index >= 15 is 0 Å². The minimum Gasteiger partial charge on any atom is -0.389 e. The lowest BCUT2D eigenvalue weighted by atomic mass is 9.79. The fourth-order valence-corrected chi connectivity index (χ4v) is 5.84. The Morgan fingerprint density at radius 1 is 1.12 bits per heavy atom. The summed E-state index contributed by atoms with van der Waals surface area (Å²) >= 11 is 3.39. The Hall–Kier alpha value is -3.28. The molecule has 7 N–H and O–H groups in total. The van der Waals surface area contributed by atoms with Crippen molar-refractivity contribution in [2.24, 2.45) is 5.41 Å². The summed E-state index contributed by atoms with van der Waals surface area (Å²) in [5, 5.41) is 26.7. The third-order valence-electron chi connectivity index (χ3n) is 7.31. The van der Waals surface area contributed by atoms with E-state index in [1.807, 2.05) is 24.3 Å². The topological polar surface area (TPSA) is 165 Å². The van der Waals surface area contributed by atoms with Crippen LogP contribution in [0.1, 0.15) is 30.5 Å². The molecule has 2 fully saturated rings. The number of aliphatic hydroxyl groups is 2. The van der Waals surface area contributed by atoms with Crippen LogP contribution in [0.4, 0.5) is 11.6 Å². The SMILES string of the molecule is Nc1nc2cc([C@@H]3C[C@]4(C[C@@H](n5ccc6c(N)ncnc65)[C@H](O)[C@@H]4O)C(=O)N3)ccc2cc1Br. The molecule has 1 aromatic carbocycles. The molecule has 3 aromatic heterocycles. The zero-order valence-corrected chi connectivity index (χ0v) is 19.5. The molecule has 1 aliphatic heterocycles. The summed E-state index contributed by atoms with van der Waals surface area (Å²) in [7, 11) is 0. The second-order valence-corrected chi connectivity index (χ2v) is 9.97. The van der Waals surface area contributed by atoms with Gasteiger partial charge in [0.2, 0.25) is 5.91 Å². The number of hydrogen-bond donors (Lipinski definition) is 5. The number of hydrogen-bond acceptors (Lipinski definition) is 8. The van der Waals surface area contributed by atoms with E-state index in [4.69, 9.17) is 11.5 Å². The number of nitrogen functional groups attached to an aromatic ring is 2. The van der Waals surface area contributed by atoms with Gasteiger partial charge in [-0.2, -0.15) is 0 Å². The van der Waals surface area contributed by atoms with Gasteiger partial charge in [0, 0.05) is 11.6 Å². The smallest absolute Gasteiger partial charge is 0.229 e. The monoisotopic (exact) mass is 523 g/mol. The van der Waals surface area contributed by atoms with Crippen molar-refractivity contribution < 1.29 is 15.0 Å². The van der Waals surface area contributed by atoms with E-state index in [1.54, 1.807) is 16.8 Å². The molecule has 1 spiro atoms. The highest BCUT2D eigenvalue weighted by atomic mass is 79.9. The van der Waals surface area contributed by atoms with Crippen LogP contribution in [0, 0.1) is 5.41 Å². The van der Waals surface area contributed by atoms with E-state index in [0.717, 1.165) is 20.9 Å². The van der Waals surface area contributed by atoms with Crippen LogP contribution in [0.3, 0.4) is 0 Å². The summed E-state index contributed by atoms with van der Waals surface area (Å²) in [5.41, 5.74) is 12.9. The Bertz CT molecular complexity index is 1470. The minimum atomic E-state index is -1.23. The number of nitrogens with one attached hydrogen (secondary N) is 1. The summed E-state index contributed by atoms with van der Waals surface area (Å²) in [6.07, 6.45) is 1.35. The van der Waals surface area contributed by atoms with Crippen LogP contribution in [-0.2, 0) is 4.79 Å². The van der Waals surface area contributed by atoms with Gasteiger partial charge in [-0.1, -0.05) is 12.1 Å². The second kappa shape index (κ2) is 7.36. The van der Waals surface area contributed by atoms with Gasteiger partial charge in [0.05, 0.1) is 39.0 Å². The highest BCUT2D eigenvalue weighted by molar-refractivity contribution is 9.10. The molecule has 10 nitrogen and oxygen atoms in total. The molecule has 11 heteroatoms. The number of amides is 1. The zero-order chi connectivity index (χ0) is 23.8. The maximum atomic E-state index is 13.3. The van der Waals surface area contributed by atoms with Gasteiger partial charge in [-0.05, 0) is 52.5 Å². The molecule has 1 saturated carbocycles. The van der Waals surface area contributed by atoms with Gasteiger partial charge >= 0.3 is 0 Å². The number of halogens is 1. The molecule has 4 aromatic rings.